The van der Waals surface area contributed by atoms with Crippen molar-refractivity contribution in [3.05, 3.63) is 12.4 Å². The third kappa shape index (κ3) is 1.93. The highest BCUT2D eigenvalue weighted by atomic mass is 28.1. The van der Waals surface area contributed by atoms with Crippen LogP contribution in [-0.2, 0) is 0 Å². The summed E-state index contributed by atoms with van der Waals surface area (Å²) in [5, 5.41) is 13.1. The highest BCUT2D eigenvalue weighted by molar-refractivity contribution is 5.75. The maximum Gasteiger partial charge on any atom is 0.0716 e. The van der Waals surface area contributed by atoms with Gasteiger partial charge in [-0.15, -0.1) is 10.2 Å². The second-order valence-electron chi connectivity index (χ2n) is 0.708. The predicted octanol–water partition coefficient (Wildman–Crippen LogP) is -1.11. The van der Waals surface area contributed by atoms with Gasteiger partial charge in [0, 0.05) is 11.0 Å². The molecule has 0 N–H and O–H groups in total. The van der Waals surface area contributed by atoms with E-state index in [1.165, 1.54) is 12.4 Å². The molecule has 0 aliphatic rings. The van der Waals surface area contributed by atoms with E-state index in [-0.39, 0.29) is 11.0 Å². The van der Waals surface area contributed by atoms with Gasteiger partial charge in [0.2, 0.25) is 0 Å². The van der Waals surface area contributed by atoms with Crippen molar-refractivity contribution in [3.8, 4) is 0 Å². The summed E-state index contributed by atoms with van der Waals surface area (Å²) in [4.78, 5) is 0. The Bertz CT molecular complexity index is 81.6. The Morgan fingerprint density at radius 1 is 0.857 bits per heavy atom. The zero-order valence-corrected chi connectivity index (χ0v) is 4.44. The Balaban J connectivity index is 0.000000360. The van der Waals surface area contributed by atoms with Gasteiger partial charge in [-0.25, -0.2) is 0 Å². The lowest BCUT2D eigenvalue weighted by molar-refractivity contribution is 0.761. The molecule has 0 amide bonds. The fraction of sp³-hybridized carbons (Fsp3) is 0. The first-order chi connectivity index (χ1) is 3.00. The highest BCUT2D eigenvalue weighted by Gasteiger charge is 1.61. The minimum Gasteiger partial charge on any atom is -0.136 e. The van der Waals surface area contributed by atoms with Crippen LogP contribution in [0.25, 0.3) is 0 Å². The summed E-state index contributed by atoms with van der Waals surface area (Å²) in [6.07, 6.45) is 2.93. The van der Waals surface area contributed by atoms with Crippen LogP contribution >= 0.6 is 0 Å². The van der Waals surface area contributed by atoms with Gasteiger partial charge in [-0.2, -0.15) is 0 Å². The third-order valence-electron chi connectivity index (χ3n) is 0.343. The molecule has 0 atom stereocenters. The topological polar surface area (TPSA) is 51.6 Å². The summed E-state index contributed by atoms with van der Waals surface area (Å²) in [5.41, 5.74) is 0. The Labute approximate surface area is 45.0 Å². The van der Waals surface area contributed by atoms with Gasteiger partial charge in [-0.1, -0.05) is 0 Å². The molecule has 1 rings (SSSR count). The summed E-state index contributed by atoms with van der Waals surface area (Å²) in [5.74, 6) is 0. The molecule has 5 heteroatoms. The Morgan fingerprint density at radius 2 is 1.29 bits per heavy atom. The van der Waals surface area contributed by atoms with Gasteiger partial charge in [0.25, 0.3) is 0 Å². The van der Waals surface area contributed by atoms with E-state index in [1.807, 2.05) is 0 Å². The largest absolute Gasteiger partial charge is 0.136 e. The van der Waals surface area contributed by atoms with Crippen molar-refractivity contribution >= 4 is 11.0 Å². The Morgan fingerprint density at radius 3 is 1.43 bits per heavy atom. The van der Waals surface area contributed by atoms with Crippen LogP contribution in [0.5, 0.6) is 0 Å². The molecule has 4 nitrogen and oxygen atoms in total. The van der Waals surface area contributed by atoms with E-state index in [4.69, 9.17) is 0 Å². The monoisotopic (exact) mass is 110 g/mol. The van der Waals surface area contributed by atoms with E-state index >= 15 is 0 Å². The molecule has 0 spiro atoms. The van der Waals surface area contributed by atoms with Crippen LogP contribution in [0, 0.1) is 0 Å². The zero-order chi connectivity index (χ0) is 4.24. The molecule has 0 aliphatic carbocycles. The van der Waals surface area contributed by atoms with Crippen LogP contribution in [0.4, 0.5) is 0 Å². The number of rotatable bonds is 0. The van der Waals surface area contributed by atoms with Crippen LogP contribution < -0.4 is 0 Å². The first-order valence-corrected chi connectivity index (χ1v) is 1.45. The van der Waals surface area contributed by atoms with Gasteiger partial charge < -0.3 is 0 Å². The summed E-state index contributed by atoms with van der Waals surface area (Å²) >= 11 is 0. The molecule has 0 aromatic carbocycles. The van der Waals surface area contributed by atoms with Crippen LogP contribution in [0.3, 0.4) is 0 Å². The molecule has 0 fully saturated rings. The van der Waals surface area contributed by atoms with Gasteiger partial charge >= 0.3 is 0 Å². The van der Waals surface area contributed by atoms with Gasteiger partial charge in [0.15, 0.2) is 0 Å². The van der Waals surface area contributed by atoms with E-state index in [2.05, 4.69) is 20.6 Å². The third-order valence-corrected chi connectivity index (χ3v) is 0.343. The molecule has 7 heavy (non-hydrogen) atoms. The molecule has 1 heterocycles. The molecule has 0 saturated carbocycles. The quantitative estimate of drug-likeness (QED) is 0.397. The predicted molar refractivity (Wildman–Crippen MR) is 23.4 cm³/mol. The average Bonchev–Trinajstić information content (AvgIpc) is 1.72. The number of hydrogen-bond acceptors (Lipinski definition) is 4. The summed E-state index contributed by atoms with van der Waals surface area (Å²) < 4.78 is 0. The van der Waals surface area contributed by atoms with Gasteiger partial charge in [-0.05, 0) is 10.4 Å². The van der Waals surface area contributed by atoms with E-state index in [1.54, 1.807) is 0 Å². The highest BCUT2D eigenvalue weighted by Crippen LogP contribution is 1.53. The van der Waals surface area contributed by atoms with Crippen LogP contribution in [-0.4, -0.2) is 31.6 Å². The second kappa shape index (κ2) is 3.35. The van der Waals surface area contributed by atoms with Crippen molar-refractivity contribution in [2.75, 3.05) is 0 Å². The molecular formula is C2H2N4Si. The normalized spacial score (nSPS) is 6.86. The minimum absolute atomic E-state index is 0. The van der Waals surface area contributed by atoms with Crippen molar-refractivity contribution in [1.29, 1.82) is 0 Å². The van der Waals surface area contributed by atoms with E-state index in [0.29, 0.717) is 0 Å². The van der Waals surface area contributed by atoms with Gasteiger partial charge in [0.05, 0.1) is 12.4 Å². The first-order valence-electron chi connectivity index (χ1n) is 1.45. The van der Waals surface area contributed by atoms with E-state index < -0.39 is 0 Å². The Kier molecular flexibility index (Phi) is 2.95. The summed E-state index contributed by atoms with van der Waals surface area (Å²) in [6.45, 7) is 0. The fourth-order valence-corrected chi connectivity index (χ4v) is 0.165. The fourth-order valence-electron chi connectivity index (χ4n) is 0.165. The standard InChI is InChI=1S/C2H2N4.Si/c1-2-4-6-5-3-1;/h1-2H;. The first kappa shape index (κ1) is 6.16. The SMILES string of the molecule is [Si].c1cnnnn1. The smallest absolute Gasteiger partial charge is 0.0716 e. The van der Waals surface area contributed by atoms with Crippen molar-refractivity contribution in [2.45, 2.75) is 0 Å². The zero-order valence-electron chi connectivity index (χ0n) is 3.44. The average molecular weight is 110 g/mol. The molecule has 4 radical (unpaired) electrons. The van der Waals surface area contributed by atoms with E-state index in [0.717, 1.165) is 0 Å². The molecule has 34 valence electrons. The minimum atomic E-state index is 0. The van der Waals surface area contributed by atoms with Crippen LogP contribution in [0.2, 0.25) is 0 Å². The molecule has 1 aromatic rings. The summed E-state index contributed by atoms with van der Waals surface area (Å²) in [6, 6.07) is 0. The van der Waals surface area contributed by atoms with Crippen molar-refractivity contribution < 1.29 is 0 Å². The lowest BCUT2D eigenvalue weighted by Gasteiger charge is -1.67. The van der Waals surface area contributed by atoms with Crippen molar-refractivity contribution in [3.63, 3.8) is 0 Å². The van der Waals surface area contributed by atoms with Gasteiger partial charge in [0.1, 0.15) is 0 Å². The molecule has 1 aromatic heterocycles. The Hall–Kier alpha value is -0.843. The maximum absolute atomic E-state index is 3.36. The maximum atomic E-state index is 3.36. The lowest BCUT2D eigenvalue weighted by Crippen LogP contribution is -1.84. The van der Waals surface area contributed by atoms with Crippen molar-refractivity contribution in [1.82, 2.24) is 20.6 Å². The molecule has 0 bridgehead atoms. The number of hydrogen-bond donors (Lipinski definition) is 0. The van der Waals surface area contributed by atoms with Crippen LogP contribution in [0.1, 0.15) is 0 Å². The number of aromatic nitrogens is 4. The summed E-state index contributed by atoms with van der Waals surface area (Å²) in [7, 11) is 0. The molecule has 0 unspecified atom stereocenters. The van der Waals surface area contributed by atoms with Gasteiger partial charge in [-0.3, -0.25) is 0 Å². The molecule has 0 saturated heterocycles. The second-order valence-corrected chi connectivity index (χ2v) is 0.708. The molecule has 0 aliphatic heterocycles. The number of nitrogens with zero attached hydrogens (tertiary/aromatic N) is 4. The van der Waals surface area contributed by atoms with Crippen LogP contribution in [0.15, 0.2) is 12.4 Å². The van der Waals surface area contributed by atoms with Crippen molar-refractivity contribution in [2.24, 2.45) is 0 Å². The molecular weight excluding hydrogens is 108 g/mol. The van der Waals surface area contributed by atoms with E-state index in [9.17, 15) is 0 Å². The lowest BCUT2D eigenvalue weighted by atomic mass is 11.0.